The van der Waals surface area contributed by atoms with Crippen LogP contribution in [0.1, 0.15) is 216 Å². The lowest BCUT2D eigenvalue weighted by Gasteiger charge is -2.22. The van der Waals surface area contributed by atoms with Crippen LogP contribution in [-0.4, -0.2) is 37.1 Å². The number of hydrogen-bond acceptors (Lipinski definition) is 5. The van der Waals surface area contributed by atoms with Crippen LogP contribution >= 0.6 is 0 Å². The lowest BCUT2D eigenvalue weighted by Crippen LogP contribution is -2.36. The highest BCUT2D eigenvalue weighted by Crippen LogP contribution is 2.20. The van der Waals surface area contributed by atoms with Gasteiger partial charge in [-0.2, -0.15) is 0 Å². The average molecular weight is 708 g/mol. The average Bonchev–Trinajstić information content (AvgIpc) is 3.08. The fraction of sp³-hybridized carbons (Fsp3) is 0.841. The molecule has 0 bridgehead atoms. The van der Waals surface area contributed by atoms with E-state index in [-0.39, 0.29) is 29.3 Å². The van der Waals surface area contributed by atoms with Gasteiger partial charge in [-0.15, -0.1) is 0 Å². The Bertz CT molecular complexity index is 799. The summed E-state index contributed by atoms with van der Waals surface area (Å²) in [5, 5.41) is 3.31. The van der Waals surface area contributed by atoms with Gasteiger partial charge in [-0.1, -0.05) is 170 Å². The first-order valence-electron chi connectivity index (χ1n) is 21.1. The predicted octanol–water partition coefficient (Wildman–Crippen LogP) is 13.2. The Balaban J connectivity index is -0.00000531. The highest BCUT2D eigenvalue weighted by Gasteiger charge is 2.19. The number of esters is 2. The van der Waals surface area contributed by atoms with E-state index in [4.69, 9.17) is 9.47 Å². The first-order valence-corrected chi connectivity index (χ1v) is 21.1. The van der Waals surface area contributed by atoms with Crippen molar-refractivity contribution in [3.8, 4) is 0 Å². The second-order valence-corrected chi connectivity index (χ2v) is 14.3. The number of carbonyl (C=O) groups is 3. The summed E-state index contributed by atoms with van der Waals surface area (Å²) < 4.78 is 10.6. The molecule has 1 amide bonds. The zero-order valence-electron chi connectivity index (χ0n) is 34.8. The van der Waals surface area contributed by atoms with Crippen LogP contribution in [0.5, 0.6) is 0 Å². The summed E-state index contributed by atoms with van der Waals surface area (Å²) in [5.74, 6) is -0.0502. The van der Waals surface area contributed by atoms with Crippen LogP contribution in [0.2, 0.25) is 0 Å². The Kier molecular flexibility index (Phi) is 43.2. The highest BCUT2D eigenvalue weighted by atomic mass is 16.5. The molecule has 0 aliphatic carbocycles. The molecule has 296 valence electrons. The van der Waals surface area contributed by atoms with Crippen molar-refractivity contribution in [3.63, 3.8) is 0 Å². The van der Waals surface area contributed by atoms with E-state index < -0.39 is 0 Å². The molecule has 1 N–H and O–H groups in total. The lowest BCUT2D eigenvalue weighted by molar-refractivity contribution is -0.143. The molecule has 1 atom stereocenters. The van der Waals surface area contributed by atoms with Gasteiger partial charge in [0, 0.05) is 25.3 Å². The van der Waals surface area contributed by atoms with E-state index in [0.29, 0.717) is 32.5 Å². The number of carbonyl (C=O) groups excluding carboxylic acids is 3. The van der Waals surface area contributed by atoms with Crippen LogP contribution in [0.3, 0.4) is 0 Å². The van der Waals surface area contributed by atoms with Crippen molar-refractivity contribution in [1.29, 1.82) is 0 Å². The van der Waals surface area contributed by atoms with Crippen LogP contribution in [-0.2, 0) is 23.9 Å². The zero-order valence-corrected chi connectivity index (χ0v) is 34.8. The Hall–Kier alpha value is -2.11. The van der Waals surface area contributed by atoms with E-state index in [0.717, 1.165) is 89.9 Å². The van der Waals surface area contributed by atoms with Crippen molar-refractivity contribution >= 4 is 17.8 Å². The first-order chi connectivity index (χ1) is 24.2. The van der Waals surface area contributed by atoms with Crippen LogP contribution < -0.4 is 5.32 Å². The fourth-order valence-corrected chi connectivity index (χ4v) is 5.43. The minimum absolute atomic E-state index is 0.0214. The Morgan fingerprint density at radius 1 is 0.540 bits per heavy atom. The van der Waals surface area contributed by atoms with Crippen LogP contribution in [0.25, 0.3) is 0 Å². The van der Waals surface area contributed by atoms with E-state index in [1.807, 2.05) is 39.8 Å². The van der Waals surface area contributed by atoms with Gasteiger partial charge >= 0.3 is 11.9 Å². The Labute approximate surface area is 311 Å². The summed E-state index contributed by atoms with van der Waals surface area (Å²) in [6.45, 7) is 19.5. The number of allylic oxidation sites excluding steroid dienone is 2. The molecule has 0 saturated carbocycles. The zero-order chi connectivity index (χ0) is 38.1. The molecule has 6 nitrogen and oxygen atoms in total. The molecular weight excluding hydrogens is 622 g/mol. The molecule has 6 heteroatoms. The smallest absolute Gasteiger partial charge is 0.306 e. The largest absolute Gasteiger partial charge is 0.461 e. The van der Waals surface area contributed by atoms with Crippen molar-refractivity contribution in [3.05, 3.63) is 24.3 Å². The van der Waals surface area contributed by atoms with Gasteiger partial charge in [0.05, 0.1) is 0 Å². The number of amides is 1. The van der Waals surface area contributed by atoms with Crippen molar-refractivity contribution < 1.29 is 23.9 Å². The summed E-state index contributed by atoms with van der Waals surface area (Å²) in [4.78, 5) is 36.6. The highest BCUT2D eigenvalue weighted by molar-refractivity contribution is 5.76. The summed E-state index contributed by atoms with van der Waals surface area (Å²) >= 11 is 0. The molecule has 0 saturated heterocycles. The van der Waals surface area contributed by atoms with E-state index in [1.54, 1.807) is 0 Å². The number of hydrogen-bond donors (Lipinski definition) is 1. The fourth-order valence-electron chi connectivity index (χ4n) is 5.43. The summed E-state index contributed by atoms with van der Waals surface area (Å²) in [6, 6.07) is 0.217. The molecule has 0 spiro atoms. The maximum atomic E-state index is 12.7. The second-order valence-electron chi connectivity index (χ2n) is 14.3. The SMILES string of the molecule is CC.CC.CCCCC/C=C\COC(=O)CCCCCCCC(CCCCCCCC(=O)OC/C=C\CCCCCC)NC(=O)CC(C)(C)C. The maximum absolute atomic E-state index is 12.7. The van der Waals surface area contributed by atoms with Crippen molar-refractivity contribution in [2.45, 2.75) is 222 Å². The van der Waals surface area contributed by atoms with E-state index in [2.05, 4.69) is 52.1 Å². The Morgan fingerprint density at radius 2 is 0.920 bits per heavy atom. The molecule has 0 fully saturated rings. The molecule has 0 aromatic rings. The van der Waals surface area contributed by atoms with E-state index in [1.165, 1.54) is 44.9 Å². The third-order valence-electron chi connectivity index (χ3n) is 8.14. The molecule has 0 aromatic carbocycles. The van der Waals surface area contributed by atoms with Gasteiger partial charge in [-0.3, -0.25) is 14.4 Å². The maximum Gasteiger partial charge on any atom is 0.306 e. The van der Waals surface area contributed by atoms with Gasteiger partial charge in [0.15, 0.2) is 0 Å². The third kappa shape index (κ3) is 43.9. The molecular formula is C44H85NO5. The van der Waals surface area contributed by atoms with E-state index >= 15 is 0 Å². The number of rotatable bonds is 31. The lowest BCUT2D eigenvalue weighted by atomic mass is 9.91. The van der Waals surface area contributed by atoms with Crippen molar-refractivity contribution in [2.75, 3.05) is 13.2 Å². The van der Waals surface area contributed by atoms with Gasteiger partial charge in [-0.25, -0.2) is 0 Å². The predicted molar refractivity (Wildman–Crippen MR) is 216 cm³/mol. The molecule has 0 rings (SSSR count). The van der Waals surface area contributed by atoms with Gasteiger partial charge in [0.25, 0.3) is 0 Å². The summed E-state index contributed by atoms with van der Waals surface area (Å²) in [6.07, 6.45) is 32.9. The minimum atomic E-state index is -0.101. The van der Waals surface area contributed by atoms with Crippen LogP contribution in [0, 0.1) is 5.41 Å². The van der Waals surface area contributed by atoms with Crippen LogP contribution in [0.15, 0.2) is 24.3 Å². The minimum Gasteiger partial charge on any atom is -0.461 e. The summed E-state index contributed by atoms with van der Waals surface area (Å²) in [5.41, 5.74) is -0.0214. The summed E-state index contributed by atoms with van der Waals surface area (Å²) in [7, 11) is 0. The molecule has 0 heterocycles. The van der Waals surface area contributed by atoms with Crippen molar-refractivity contribution in [2.24, 2.45) is 5.41 Å². The monoisotopic (exact) mass is 708 g/mol. The number of unbranched alkanes of at least 4 members (excludes halogenated alkanes) is 15. The number of nitrogens with one attached hydrogen (secondary N) is 1. The molecule has 0 aromatic heterocycles. The molecule has 0 aliphatic rings. The molecule has 50 heavy (non-hydrogen) atoms. The quantitative estimate of drug-likeness (QED) is 0.0441. The molecule has 0 aliphatic heterocycles. The van der Waals surface area contributed by atoms with Crippen LogP contribution in [0.4, 0.5) is 0 Å². The van der Waals surface area contributed by atoms with Crippen molar-refractivity contribution in [1.82, 2.24) is 5.32 Å². The topological polar surface area (TPSA) is 81.7 Å². The normalized spacial score (nSPS) is 11.8. The van der Waals surface area contributed by atoms with Gasteiger partial charge in [0.1, 0.15) is 13.2 Å². The molecule has 0 radical (unpaired) electrons. The second kappa shape index (κ2) is 41.3. The van der Waals surface area contributed by atoms with E-state index in [9.17, 15) is 14.4 Å². The number of ether oxygens (including phenoxy) is 2. The van der Waals surface area contributed by atoms with Gasteiger partial charge in [-0.05, 0) is 56.8 Å². The standard InChI is InChI=1S/C40H73NO5.2C2H6/c1-6-8-10-12-14-22-28-34-46-39(44)32-26-20-16-18-24-30-36(41-37(42)35-40(3,4)5)29-23-17-15-19-25-31-38(43)45-33-27-21-13-11-9-7-2;2*1-2/h21-22,27-28,36H,6-20,23-26,29-35H2,1-5H3,(H,41,42);2*1-2H3/b27-21-,28-22-;;. The first kappa shape index (κ1) is 52.3. The Morgan fingerprint density at radius 3 is 1.36 bits per heavy atom. The molecule has 1 unspecified atom stereocenters. The third-order valence-corrected chi connectivity index (χ3v) is 8.14. The van der Waals surface area contributed by atoms with Gasteiger partial charge in [0.2, 0.25) is 5.91 Å². The van der Waals surface area contributed by atoms with Gasteiger partial charge < -0.3 is 14.8 Å².